The van der Waals surface area contributed by atoms with Crippen LogP contribution in [-0.4, -0.2) is 17.6 Å². The molecule has 4 heteroatoms. The van der Waals surface area contributed by atoms with Gasteiger partial charge in [0, 0.05) is 24.4 Å². The number of nitrogens with one attached hydrogen (secondary N) is 1. The standard InChI is InChI=1S/C16H18F2N2/c1-2-19-14(11-13-5-3-4-8-20-13)9-12-6-7-15(17)16(18)10-12/h3-8,10,14,19H,2,9,11H2,1H3. The Kier molecular flexibility index (Phi) is 5.18. The first kappa shape index (κ1) is 14.6. The van der Waals surface area contributed by atoms with Crippen LogP contribution in [0.2, 0.25) is 0 Å². The molecule has 0 spiro atoms. The Labute approximate surface area is 117 Å². The van der Waals surface area contributed by atoms with E-state index in [1.807, 2.05) is 25.1 Å². The molecule has 1 heterocycles. The Bertz CT molecular complexity index is 543. The second kappa shape index (κ2) is 7.10. The van der Waals surface area contributed by atoms with Crippen molar-refractivity contribution in [3.05, 3.63) is 65.5 Å². The Morgan fingerprint density at radius 1 is 1.10 bits per heavy atom. The minimum absolute atomic E-state index is 0.153. The van der Waals surface area contributed by atoms with Gasteiger partial charge < -0.3 is 5.32 Å². The number of rotatable bonds is 6. The average molecular weight is 276 g/mol. The molecule has 2 rings (SSSR count). The lowest BCUT2D eigenvalue weighted by molar-refractivity contribution is 0.496. The Morgan fingerprint density at radius 3 is 2.60 bits per heavy atom. The third-order valence-corrected chi connectivity index (χ3v) is 3.14. The topological polar surface area (TPSA) is 24.9 Å². The molecular weight excluding hydrogens is 258 g/mol. The van der Waals surface area contributed by atoms with Gasteiger partial charge in [-0.1, -0.05) is 19.1 Å². The second-order valence-electron chi connectivity index (χ2n) is 4.73. The van der Waals surface area contributed by atoms with Gasteiger partial charge in [0.1, 0.15) is 0 Å². The van der Waals surface area contributed by atoms with Crippen molar-refractivity contribution < 1.29 is 8.78 Å². The molecule has 0 fully saturated rings. The van der Waals surface area contributed by atoms with Crippen LogP contribution < -0.4 is 5.32 Å². The van der Waals surface area contributed by atoms with Gasteiger partial charge in [-0.2, -0.15) is 0 Å². The molecule has 0 aliphatic heterocycles. The zero-order chi connectivity index (χ0) is 14.4. The van der Waals surface area contributed by atoms with Crippen molar-refractivity contribution in [3.63, 3.8) is 0 Å². The summed E-state index contributed by atoms with van der Waals surface area (Å²) in [6.07, 6.45) is 3.16. The fourth-order valence-electron chi connectivity index (χ4n) is 2.23. The maximum Gasteiger partial charge on any atom is 0.159 e. The molecule has 0 amide bonds. The number of nitrogens with zero attached hydrogens (tertiary/aromatic N) is 1. The number of likely N-dealkylation sites (N-methyl/N-ethyl adjacent to an activating group) is 1. The first-order chi connectivity index (χ1) is 9.69. The summed E-state index contributed by atoms with van der Waals surface area (Å²) in [5, 5.41) is 3.36. The van der Waals surface area contributed by atoms with E-state index in [0.717, 1.165) is 24.2 Å². The fraction of sp³-hybridized carbons (Fsp3) is 0.312. The molecule has 0 aliphatic rings. The van der Waals surface area contributed by atoms with E-state index in [2.05, 4.69) is 10.3 Å². The van der Waals surface area contributed by atoms with Crippen LogP contribution >= 0.6 is 0 Å². The minimum Gasteiger partial charge on any atom is -0.314 e. The van der Waals surface area contributed by atoms with Crippen molar-refractivity contribution in [1.82, 2.24) is 10.3 Å². The summed E-state index contributed by atoms with van der Waals surface area (Å²) in [6, 6.07) is 10.0. The van der Waals surface area contributed by atoms with Gasteiger partial charge in [0.15, 0.2) is 11.6 Å². The van der Waals surface area contributed by atoms with Crippen molar-refractivity contribution in [2.24, 2.45) is 0 Å². The summed E-state index contributed by atoms with van der Waals surface area (Å²) in [5.74, 6) is -1.60. The molecular formula is C16H18F2N2. The van der Waals surface area contributed by atoms with Gasteiger partial charge in [-0.15, -0.1) is 0 Å². The number of aromatic nitrogens is 1. The van der Waals surface area contributed by atoms with Gasteiger partial charge in [-0.3, -0.25) is 4.98 Å². The number of benzene rings is 1. The van der Waals surface area contributed by atoms with E-state index in [-0.39, 0.29) is 6.04 Å². The van der Waals surface area contributed by atoms with Gasteiger partial charge in [0.2, 0.25) is 0 Å². The van der Waals surface area contributed by atoms with Crippen LogP contribution in [0.15, 0.2) is 42.6 Å². The van der Waals surface area contributed by atoms with Gasteiger partial charge in [-0.05, 0) is 42.8 Å². The largest absolute Gasteiger partial charge is 0.314 e. The highest BCUT2D eigenvalue weighted by Crippen LogP contribution is 2.12. The molecule has 0 aliphatic carbocycles. The van der Waals surface area contributed by atoms with E-state index in [1.54, 1.807) is 12.3 Å². The number of halogens is 2. The van der Waals surface area contributed by atoms with E-state index in [0.29, 0.717) is 6.42 Å². The molecule has 1 atom stereocenters. The quantitative estimate of drug-likeness (QED) is 0.877. The van der Waals surface area contributed by atoms with Crippen LogP contribution in [0.1, 0.15) is 18.2 Å². The zero-order valence-electron chi connectivity index (χ0n) is 11.4. The SMILES string of the molecule is CCNC(Cc1ccc(F)c(F)c1)Cc1ccccn1. The Balaban J connectivity index is 2.06. The first-order valence-electron chi connectivity index (χ1n) is 6.76. The van der Waals surface area contributed by atoms with Crippen molar-refractivity contribution in [2.75, 3.05) is 6.54 Å². The van der Waals surface area contributed by atoms with E-state index < -0.39 is 11.6 Å². The molecule has 0 bridgehead atoms. The van der Waals surface area contributed by atoms with E-state index in [1.165, 1.54) is 12.1 Å². The second-order valence-corrected chi connectivity index (χ2v) is 4.73. The van der Waals surface area contributed by atoms with E-state index in [9.17, 15) is 8.78 Å². The summed E-state index contributed by atoms with van der Waals surface area (Å²) in [4.78, 5) is 4.30. The monoisotopic (exact) mass is 276 g/mol. The highest BCUT2D eigenvalue weighted by atomic mass is 19.2. The highest BCUT2D eigenvalue weighted by Gasteiger charge is 2.11. The first-order valence-corrected chi connectivity index (χ1v) is 6.76. The van der Waals surface area contributed by atoms with Gasteiger partial charge in [-0.25, -0.2) is 8.78 Å². The lowest BCUT2D eigenvalue weighted by atomic mass is 10.0. The van der Waals surface area contributed by atoms with Crippen LogP contribution in [0.4, 0.5) is 8.78 Å². The maximum absolute atomic E-state index is 13.2. The molecule has 2 aromatic rings. The summed E-state index contributed by atoms with van der Waals surface area (Å²) in [5.41, 5.74) is 1.77. The molecule has 0 saturated carbocycles. The van der Waals surface area contributed by atoms with E-state index >= 15 is 0 Å². The maximum atomic E-state index is 13.2. The smallest absolute Gasteiger partial charge is 0.159 e. The van der Waals surface area contributed by atoms with Gasteiger partial charge in [0.05, 0.1) is 0 Å². The molecule has 1 aromatic heterocycles. The number of hydrogen-bond donors (Lipinski definition) is 1. The van der Waals surface area contributed by atoms with Gasteiger partial charge in [0.25, 0.3) is 0 Å². The van der Waals surface area contributed by atoms with E-state index in [4.69, 9.17) is 0 Å². The molecule has 2 nitrogen and oxygen atoms in total. The summed E-state index contributed by atoms with van der Waals surface area (Å²) < 4.78 is 26.2. The molecule has 0 radical (unpaired) electrons. The Hall–Kier alpha value is -1.81. The molecule has 20 heavy (non-hydrogen) atoms. The normalized spacial score (nSPS) is 12.3. The van der Waals surface area contributed by atoms with Gasteiger partial charge >= 0.3 is 0 Å². The predicted octanol–water partition coefficient (Wildman–Crippen LogP) is 3.12. The van der Waals surface area contributed by atoms with Crippen LogP contribution in [-0.2, 0) is 12.8 Å². The Morgan fingerprint density at radius 2 is 1.95 bits per heavy atom. The van der Waals surface area contributed by atoms with Crippen molar-refractivity contribution in [3.8, 4) is 0 Å². The average Bonchev–Trinajstić information content (AvgIpc) is 2.44. The van der Waals surface area contributed by atoms with Crippen LogP contribution in [0, 0.1) is 11.6 Å². The lowest BCUT2D eigenvalue weighted by Crippen LogP contribution is -2.33. The summed E-state index contributed by atoms with van der Waals surface area (Å²) >= 11 is 0. The third-order valence-electron chi connectivity index (χ3n) is 3.14. The molecule has 1 aromatic carbocycles. The third kappa shape index (κ3) is 4.10. The van der Waals surface area contributed by atoms with Crippen LogP contribution in [0.25, 0.3) is 0 Å². The van der Waals surface area contributed by atoms with Crippen molar-refractivity contribution in [1.29, 1.82) is 0 Å². The molecule has 1 unspecified atom stereocenters. The summed E-state index contributed by atoms with van der Waals surface area (Å²) in [6.45, 7) is 2.85. The van der Waals surface area contributed by atoms with Crippen molar-refractivity contribution >= 4 is 0 Å². The zero-order valence-corrected chi connectivity index (χ0v) is 11.4. The highest BCUT2D eigenvalue weighted by molar-refractivity contribution is 5.19. The van der Waals surface area contributed by atoms with Crippen molar-refractivity contribution in [2.45, 2.75) is 25.8 Å². The molecule has 1 N–H and O–H groups in total. The lowest BCUT2D eigenvalue weighted by Gasteiger charge is -2.17. The number of hydrogen-bond acceptors (Lipinski definition) is 2. The number of pyridine rings is 1. The van der Waals surface area contributed by atoms with Crippen LogP contribution in [0.5, 0.6) is 0 Å². The van der Waals surface area contributed by atoms with Crippen LogP contribution in [0.3, 0.4) is 0 Å². The predicted molar refractivity (Wildman–Crippen MR) is 75.5 cm³/mol. The minimum atomic E-state index is -0.807. The molecule has 0 saturated heterocycles. The molecule has 106 valence electrons. The summed E-state index contributed by atoms with van der Waals surface area (Å²) in [7, 11) is 0. The fourth-order valence-corrected chi connectivity index (χ4v) is 2.23.